The summed E-state index contributed by atoms with van der Waals surface area (Å²) in [6.45, 7) is 6.62. The Hall–Kier alpha value is -2.63. The first-order valence-electron chi connectivity index (χ1n) is 36.6. The molecule has 0 aliphatic rings. The predicted octanol–water partition coefficient (Wildman–Crippen LogP) is 25.3. The summed E-state index contributed by atoms with van der Waals surface area (Å²) >= 11 is 0. The molecule has 0 spiro atoms. The number of carbonyl (C=O) groups excluding carboxylic acids is 3. The van der Waals surface area contributed by atoms with Crippen molar-refractivity contribution >= 4 is 17.9 Å². The molecule has 0 aromatic carbocycles. The largest absolute Gasteiger partial charge is 0.462 e. The van der Waals surface area contributed by atoms with Gasteiger partial charge < -0.3 is 14.2 Å². The Bertz CT molecular complexity index is 1410. The summed E-state index contributed by atoms with van der Waals surface area (Å²) in [4.78, 5) is 38.4. The lowest BCUT2D eigenvalue weighted by atomic mass is 10.0. The van der Waals surface area contributed by atoms with Crippen LogP contribution in [0.15, 0.2) is 48.6 Å². The molecule has 6 nitrogen and oxygen atoms in total. The third kappa shape index (κ3) is 68.2. The lowest BCUT2D eigenvalue weighted by Crippen LogP contribution is -2.30. The summed E-state index contributed by atoms with van der Waals surface area (Å²) in [5.41, 5.74) is 0. The highest BCUT2D eigenvalue weighted by Crippen LogP contribution is 2.19. The summed E-state index contributed by atoms with van der Waals surface area (Å²) in [6, 6.07) is 0. The van der Waals surface area contributed by atoms with Crippen molar-refractivity contribution in [2.24, 2.45) is 0 Å². The van der Waals surface area contributed by atoms with E-state index < -0.39 is 6.10 Å². The van der Waals surface area contributed by atoms with Gasteiger partial charge in [0.05, 0.1) is 0 Å². The normalized spacial score (nSPS) is 12.3. The van der Waals surface area contributed by atoms with E-state index in [4.69, 9.17) is 14.2 Å². The van der Waals surface area contributed by atoms with Crippen LogP contribution in [0.25, 0.3) is 0 Å². The molecule has 0 saturated carbocycles. The Balaban J connectivity index is 4.06. The number of rotatable bonds is 68. The van der Waals surface area contributed by atoms with Crippen LogP contribution in [0, 0.1) is 0 Å². The summed E-state index contributed by atoms with van der Waals surface area (Å²) in [7, 11) is 0. The summed E-state index contributed by atoms with van der Waals surface area (Å²) in [6.07, 6.45) is 90.2. The zero-order chi connectivity index (χ0) is 59.2. The highest BCUT2D eigenvalue weighted by molar-refractivity contribution is 5.71. The van der Waals surface area contributed by atoms with Gasteiger partial charge in [0.2, 0.25) is 0 Å². The fraction of sp³-hybridized carbons (Fsp3) is 0.855. The minimum Gasteiger partial charge on any atom is -0.462 e. The Morgan fingerprint density at radius 2 is 0.463 bits per heavy atom. The van der Waals surface area contributed by atoms with Gasteiger partial charge in [-0.05, 0) is 77.0 Å². The van der Waals surface area contributed by atoms with Gasteiger partial charge in [0.1, 0.15) is 13.2 Å². The topological polar surface area (TPSA) is 78.9 Å². The molecule has 0 fully saturated rings. The zero-order valence-corrected chi connectivity index (χ0v) is 55.3. The second kappa shape index (κ2) is 70.9. The van der Waals surface area contributed by atoms with Crippen LogP contribution in [0.4, 0.5) is 0 Å². The van der Waals surface area contributed by atoms with E-state index in [9.17, 15) is 14.4 Å². The molecule has 0 N–H and O–H groups in total. The van der Waals surface area contributed by atoms with Crippen LogP contribution >= 0.6 is 0 Å². The third-order valence-electron chi connectivity index (χ3n) is 16.5. The van der Waals surface area contributed by atoms with Crippen LogP contribution in [-0.4, -0.2) is 37.2 Å². The first-order valence-corrected chi connectivity index (χ1v) is 36.6. The first kappa shape index (κ1) is 79.4. The Labute approximate surface area is 511 Å². The van der Waals surface area contributed by atoms with Crippen LogP contribution in [0.1, 0.15) is 400 Å². The van der Waals surface area contributed by atoms with Crippen molar-refractivity contribution in [2.45, 2.75) is 406 Å². The Kier molecular flexibility index (Phi) is 68.6. The van der Waals surface area contributed by atoms with Crippen molar-refractivity contribution in [1.82, 2.24) is 0 Å². The van der Waals surface area contributed by atoms with E-state index in [2.05, 4.69) is 69.4 Å². The second-order valence-corrected chi connectivity index (χ2v) is 24.9. The predicted molar refractivity (Wildman–Crippen MR) is 358 cm³/mol. The third-order valence-corrected chi connectivity index (χ3v) is 16.5. The maximum atomic E-state index is 12.9. The van der Waals surface area contributed by atoms with E-state index in [1.165, 1.54) is 270 Å². The van der Waals surface area contributed by atoms with E-state index in [-0.39, 0.29) is 31.1 Å². The molecular formula is C76H140O6. The molecule has 0 radical (unpaired) electrons. The van der Waals surface area contributed by atoms with Crippen LogP contribution in [0.3, 0.4) is 0 Å². The van der Waals surface area contributed by atoms with Crippen LogP contribution in [-0.2, 0) is 28.6 Å². The van der Waals surface area contributed by atoms with E-state index in [0.29, 0.717) is 19.3 Å². The molecule has 0 aromatic heterocycles. The summed E-state index contributed by atoms with van der Waals surface area (Å²) in [5, 5.41) is 0. The Morgan fingerprint density at radius 3 is 0.720 bits per heavy atom. The van der Waals surface area contributed by atoms with Crippen molar-refractivity contribution < 1.29 is 28.6 Å². The van der Waals surface area contributed by atoms with Gasteiger partial charge in [0, 0.05) is 19.3 Å². The number of ether oxygens (including phenoxy) is 3. The number of allylic oxidation sites excluding steroid dienone is 8. The molecule has 0 amide bonds. The van der Waals surface area contributed by atoms with Gasteiger partial charge in [-0.25, -0.2) is 0 Å². The first-order chi connectivity index (χ1) is 40.5. The van der Waals surface area contributed by atoms with Crippen LogP contribution in [0.5, 0.6) is 0 Å². The Morgan fingerprint density at radius 1 is 0.244 bits per heavy atom. The standard InChI is InChI=1S/C76H140O6/c1-4-7-10-13-16-19-22-25-27-29-30-31-32-33-34-35-36-37-38-39-40-41-42-43-44-45-46-47-49-51-54-57-60-63-66-69-75(78)81-72-73(71-80-74(77)68-65-62-59-56-53-50-24-21-18-15-12-9-6-3)82-76(79)70-67-64-61-58-55-52-48-28-26-23-20-17-14-11-8-5-2/h12,15,21-22,24-25,29-30,73H,4-11,13-14,16-20,23,26-28,31-72H2,1-3H3/b15-12-,24-21-,25-22-,30-29-. The number of hydrogen-bond acceptors (Lipinski definition) is 6. The smallest absolute Gasteiger partial charge is 0.306 e. The number of unbranched alkanes of at least 4 members (excludes halogenated alkanes) is 49. The maximum absolute atomic E-state index is 12.9. The molecule has 0 aliphatic heterocycles. The van der Waals surface area contributed by atoms with E-state index in [0.717, 1.165) is 89.9 Å². The lowest BCUT2D eigenvalue weighted by molar-refractivity contribution is -0.167. The molecule has 82 heavy (non-hydrogen) atoms. The highest BCUT2D eigenvalue weighted by atomic mass is 16.6. The molecule has 0 bridgehead atoms. The van der Waals surface area contributed by atoms with Gasteiger partial charge in [-0.1, -0.05) is 352 Å². The molecule has 480 valence electrons. The average molecular weight is 1150 g/mol. The number of hydrogen-bond donors (Lipinski definition) is 0. The van der Waals surface area contributed by atoms with Crippen LogP contribution in [0.2, 0.25) is 0 Å². The number of esters is 3. The molecule has 0 rings (SSSR count). The van der Waals surface area contributed by atoms with Gasteiger partial charge in [-0.15, -0.1) is 0 Å². The van der Waals surface area contributed by atoms with Gasteiger partial charge in [0.25, 0.3) is 0 Å². The van der Waals surface area contributed by atoms with Gasteiger partial charge >= 0.3 is 17.9 Å². The minimum atomic E-state index is -0.776. The monoisotopic (exact) mass is 1150 g/mol. The molecule has 1 unspecified atom stereocenters. The van der Waals surface area contributed by atoms with Gasteiger partial charge in [0.15, 0.2) is 6.10 Å². The molecule has 0 saturated heterocycles. The molecular weight excluding hydrogens is 1010 g/mol. The second-order valence-electron chi connectivity index (χ2n) is 24.9. The fourth-order valence-electron chi connectivity index (χ4n) is 11.0. The van der Waals surface area contributed by atoms with E-state index in [1.54, 1.807) is 0 Å². The highest BCUT2D eigenvalue weighted by Gasteiger charge is 2.19. The molecule has 1 atom stereocenters. The fourth-order valence-corrected chi connectivity index (χ4v) is 11.0. The molecule has 6 heteroatoms. The van der Waals surface area contributed by atoms with Gasteiger partial charge in [-0.2, -0.15) is 0 Å². The SMILES string of the molecule is CCC/C=C\C/C=C\CCCCCCCC(=O)OCC(COC(=O)CCCCCCCCCCCCCCCCCCCCCCCCC/C=C\C/C=C\CCCCCCC)OC(=O)CCCCCCCCCCCCCCCCCC. The van der Waals surface area contributed by atoms with Crippen molar-refractivity contribution in [2.75, 3.05) is 13.2 Å². The van der Waals surface area contributed by atoms with Crippen molar-refractivity contribution in [3.63, 3.8) is 0 Å². The average Bonchev–Trinajstić information content (AvgIpc) is 3.47. The molecule has 0 aliphatic carbocycles. The summed E-state index contributed by atoms with van der Waals surface area (Å²) < 4.78 is 17.0. The van der Waals surface area contributed by atoms with E-state index >= 15 is 0 Å². The van der Waals surface area contributed by atoms with Crippen molar-refractivity contribution in [1.29, 1.82) is 0 Å². The maximum Gasteiger partial charge on any atom is 0.306 e. The van der Waals surface area contributed by atoms with Gasteiger partial charge in [-0.3, -0.25) is 14.4 Å². The minimum absolute atomic E-state index is 0.0716. The van der Waals surface area contributed by atoms with Crippen molar-refractivity contribution in [3.05, 3.63) is 48.6 Å². The molecule has 0 heterocycles. The van der Waals surface area contributed by atoms with Crippen molar-refractivity contribution in [3.8, 4) is 0 Å². The number of carbonyl (C=O) groups is 3. The summed E-state index contributed by atoms with van der Waals surface area (Å²) in [5.74, 6) is -0.859. The molecule has 0 aromatic rings. The van der Waals surface area contributed by atoms with Crippen LogP contribution < -0.4 is 0 Å². The lowest BCUT2D eigenvalue weighted by Gasteiger charge is -2.18. The quantitative estimate of drug-likeness (QED) is 0.0261. The zero-order valence-electron chi connectivity index (χ0n) is 55.3. The van der Waals surface area contributed by atoms with E-state index in [1.807, 2.05) is 0 Å².